The van der Waals surface area contributed by atoms with Crippen LogP contribution in [0.15, 0.2) is 12.3 Å². The van der Waals surface area contributed by atoms with Gasteiger partial charge in [-0.05, 0) is 37.8 Å². The highest BCUT2D eigenvalue weighted by molar-refractivity contribution is 5.78. The molecule has 0 aromatic carbocycles. The first-order valence-corrected chi connectivity index (χ1v) is 7.13. The first-order valence-electron chi connectivity index (χ1n) is 7.13. The zero-order valence-electron chi connectivity index (χ0n) is 11.3. The van der Waals surface area contributed by atoms with Crippen LogP contribution in [0, 0.1) is 6.92 Å². The van der Waals surface area contributed by atoms with E-state index in [-0.39, 0.29) is 0 Å². The second-order valence-corrected chi connectivity index (χ2v) is 5.39. The summed E-state index contributed by atoms with van der Waals surface area (Å²) < 4.78 is 2.18. The van der Waals surface area contributed by atoms with Gasteiger partial charge in [0.1, 0.15) is 0 Å². The van der Waals surface area contributed by atoms with Crippen molar-refractivity contribution in [3.05, 3.63) is 23.5 Å². The van der Waals surface area contributed by atoms with Crippen molar-refractivity contribution in [2.24, 2.45) is 0 Å². The van der Waals surface area contributed by atoms with Crippen LogP contribution in [0.3, 0.4) is 0 Å². The molecule has 1 fully saturated rings. The molecule has 1 aliphatic rings. The van der Waals surface area contributed by atoms with E-state index in [1.54, 1.807) is 0 Å². The second kappa shape index (κ2) is 4.71. The quantitative estimate of drug-likeness (QED) is 0.803. The zero-order chi connectivity index (χ0) is 12.5. The Bertz CT molecular complexity index is 550. The maximum absolute atomic E-state index is 4.74. The molecule has 0 unspecified atom stereocenters. The van der Waals surface area contributed by atoms with Crippen LogP contribution >= 0.6 is 0 Å². The van der Waals surface area contributed by atoms with Gasteiger partial charge >= 0.3 is 0 Å². The largest absolute Gasteiger partial charge is 0.244 e. The fourth-order valence-corrected chi connectivity index (χ4v) is 2.99. The normalized spacial score (nSPS) is 17.4. The minimum Gasteiger partial charge on any atom is -0.244 e. The molecular weight excluding hydrogens is 222 g/mol. The molecule has 1 saturated carbocycles. The summed E-state index contributed by atoms with van der Waals surface area (Å²) in [5, 5.41) is 5.98. The number of hydrogen-bond donors (Lipinski definition) is 0. The molecule has 3 rings (SSSR count). The molecule has 0 atom stereocenters. The average Bonchev–Trinajstić information content (AvgIpc) is 2.77. The van der Waals surface area contributed by atoms with Crippen LogP contribution in [0.4, 0.5) is 0 Å². The van der Waals surface area contributed by atoms with Gasteiger partial charge in [-0.15, -0.1) is 0 Å². The maximum atomic E-state index is 4.74. The van der Waals surface area contributed by atoms with Crippen molar-refractivity contribution in [2.45, 2.75) is 58.4 Å². The topological polar surface area (TPSA) is 30.7 Å². The molecule has 0 aliphatic heterocycles. The third-order valence-electron chi connectivity index (χ3n) is 4.12. The van der Waals surface area contributed by atoms with E-state index in [2.05, 4.69) is 29.6 Å². The lowest BCUT2D eigenvalue weighted by Crippen LogP contribution is -2.14. The number of aromatic nitrogens is 3. The Morgan fingerprint density at radius 2 is 2.06 bits per heavy atom. The predicted octanol–water partition coefficient (Wildman–Crippen LogP) is 3.81. The van der Waals surface area contributed by atoms with Gasteiger partial charge in [0, 0.05) is 11.6 Å². The van der Waals surface area contributed by atoms with E-state index >= 15 is 0 Å². The summed E-state index contributed by atoms with van der Waals surface area (Å²) in [4.78, 5) is 4.65. The fourth-order valence-electron chi connectivity index (χ4n) is 2.99. The molecule has 3 nitrogen and oxygen atoms in total. The van der Waals surface area contributed by atoms with Gasteiger partial charge in [0.25, 0.3) is 0 Å². The first kappa shape index (κ1) is 11.7. The van der Waals surface area contributed by atoms with Crippen LogP contribution in [0.1, 0.15) is 56.3 Å². The van der Waals surface area contributed by atoms with Crippen LogP contribution in [0.2, 0.25) is 0 Å². The smallest absolute Gasteiger partial charge is 0.158 e. The minimum absolute atomic E-state index is 0.565. The summed E-state index contributed by atoms with van der Waals surface area (Å²) in [5.41, 5.74) is 3.50. The lowest BCUT2D eigenvalue weighted by Gasteiger charge is -2.22. The van der Waals surface area contributed by atoms with E-state index in [0.29, 0.717) is 6.04 Å². The van der Waals surface area contributed by atoms with Crippen LogP contribution < -0.4 is 0 Å². The van der Waals surface area contributed by atoms with Crippen molar-refractivity contribution in [1.82, 2.24) is 14.8 Å². The van der Waals surface area contributed by atoms with Crippen molar-refractivity contribution in [3.8, 4) is 0 Å². The summed E-state index contributed by atoms with van der Waals surface area (Å²) in [7, 11) is 0. The summed E-state index contributed by atoms with van der Waals surface area (Å²) in [6.45, 7) is 4.27. The van der Waals surface area contributed by atoms with E-state index in [1.807, 2.05) is 6.20 Å². The number of fused-ring (bicyclic) bond motifs is 1. The highest BCUT2D eigenvalue weighted by Gasteiger charge is 2.20. The average molecular weight is 243 g/mol. The third-order valence-corrected chi connectivity index (χ3v) is 4.12. The van der Waals surface area contributed by atoms with Crippen molar-refractivity contribution < 1.29 is 0 Å². The van der Waals surface area contributed by atoms with Crippen molar-refractivity contribution in [1.29, 1.82) is 0 Å². The Hall–Kier alpha value is -1.38. The Balaban J connectivity index is 2.07. The van der Waals surface area contributed by atoms with Crippen LogP contribution in [-0.2, 0) is 6.42 Å². The van der Waals surface area contributed by atoms with E-state index in [4.69, 9.17) is 5.10 Å². The Morgan fingerprint density at radius 1 is 1.28 bits per heavy atom. The standard InChI is InChI=1S/C15H21N3/c1-3-12-9-14-11(2)17-18(15(14)16-10-12)13-7-5-4-6-8-13/h9-10,13H,3-8H2,1-2H3. The van der Waals surface area contributed by atoms with E-state index in [0.717, 1.165) is 17.8 Å². The van der Waals surface area contributed by atoms with Gasteiger partial charge in [-0.1, -0.05) is 26.2 Å². The molecule has 1 aliphatic carbocycles. The van der Waals surface area contributed by atoms with Gasteiger partial charge in [-0.2, -0.15) is 5.10 Å². The number of pyridine rings is 1. The summed E-state index contributed by atoms with van der Waals surface area (Å²) >= 11 is 0. The molecule has 0 N–H and O–H groups in total. The molecule has 0 radical (unpaired) electrons. The molecule has 2 aromatic heterocycles. The predicted molar refractivity (Wildman–Crippen MR) is 73.8 cm³/mol. The van der Waals surface area contributed by atoms with E-state index in [1.165, 1.54) is 43.1 Å². The zero-order valence-corrected chi connectivity index (χ0v) is 11.3. The molecule has 3 heteroatoms. The highest BCUT2D eigenvalue weighted by atomic mass is 15.3. The van der Waals surface area contributed by atoms with Crippen LogP contribution in [0.25, 0.3) is 11.0 Å². The van der Waals surface area contributed by atoms with Crippen LogP contribution in [0.5, 0.6) is 0 Å². The monoisotopic (exact) mass is 243 g/mol. The molecule has 0 spiro atoms. The highest BCUT2D eigenvalue weighted by Crippen LogP contribution is 2.30. The SMILES string of the molecule is CCc1cnc2c(c1)c(C)nn2C1CCCCC1. The van der Waals surface area contributed by atoms with E-state index < -0.39 is 0 Å². The Kier molecular flexibility index (Phi) is 3.06. The molecule has 96 valence electrons. The summed E-state index contributed by atoms with van der Waals surface area (Å²) in [6.07, 6.45) is 9.60. The van der Waals surface area contributed by atoms with Crippen molar-refractivity contribution in [2.75, 3.05) is 0 Å². The summed E-state index contributed by atoms with van der Waals surface area (Å²) in [6, 6.07) is 2.82. The van der Waals surface area contributed by atoms with Gasteiger partial charge in [-0.3, -0.25) is 0 Å². The van der Waals surface area contributed by atoms with Crippen molar-refractivity contribution >= 4 is 11.0 Å². The summed E-state index contributed by atoms with van der Waals surface area (Å²) in [5.74, 6) is 0. The Labute approximate surface area is 108 Å². The van der Waals surface area contributed by atoms with Gasteiger partial charge in [-0.25, -0.2) is 9.67 Å². The molecule has 0 amide bonds. The van der Waals surface area contributed by atoms with Gasteiger partial charge in [0.2, 0.25) is 0 Å². The number of nitrogens with zero attached hydrogens (tertiary/aromatic N) is 3. The number of aryl methyl sites for hydroxylation is 2. The Morgan fingerprint density at radius 3 is 2.78 bits per heavy atom. The fraction of sp³-hybridized carbons (Fsp3) is 0.600. The minimum atomic E-state index is 0.565. The molecule has 2 aromatic rings. The lowest BCUT2D eigenvalue weighted by molar-refractivity contribution is 0.335. The number of hydrogen-bond acceptors (Lipinski definition) is 2. The molecular formula is C15H21N3. The second-order valence-electron chi connectivity index (χ2n) is 5.39. The van der Waals surface area contributed by atoms with Crippen molar-refractivity contribution in [3.63, 3.8) is 0 Å². The van der Waals surface area contributed by atoms with Gasteiger partial charge < -0.3 is 0 Å². The molecule has 0 bridgehead atoms. The molecule has 18 heavy (non-hydrogen) atoms. The molecule has 0 saturated heterocycles. The van der Waals surface area contributed by atoms with E-state index in [9.17, 15) is 0 Å². The van der Waals surface area contributed by atoms with Gasteiger partial charge in [0.15, 0.2) is 5.65 Å². The molecule has 2 heterocycles. The van der Waals surface area contributed by atoms with Crippen LogP contribution in [-0.4, -0.2) is 14.8 Å². The van der Waals surface area contributed by atoms with Gasteiger partial charge in [0.05, 0.1) is 11.7 Å². The third kappa shape index (κ3) is 1.92. The lowest BCUT2D eigenvalue weighted by atomic mass is 9.96. The maximum Gasteiger partial charge on any atom is 0.158 e. The first-order chi connectivity index (χ1) is 8.79. The number of rotatable bonds is 2.